The number of carbonyl (C=O) groups excluding carboxylic acids is 1. The van der Waals surface area contributed by atoms with Gasteiger partial charge in [-0.3, -0.25) is 4.79 Å². The van der Waals surface area contributed by atoms with E-state index in [2.05, 4.69) is 10.0 Å². The van der Waals surface area contributed by atoms with Gasteiger partial charge in [0.05, 0.1) is 19.3 Å². The summed E-state index contributed by atoms with van der Waals surface area (Å²) in [6, 6.07) is 14.5. The van der Waals surface area contributed by atoms with Crippen LogP contribution in [-0.2, 0) is 33.5 Å². The SMILES string of the molecule is COc1ccccc1CC(=O)NCc1ccc(CS(=O)(=O)NC(C)C)cc1. The number of para-hydroxylation sites is 1. The number of amides is 1. The smallest absolute Gasteiger partial charge is 0.224 e. The first-order valence-electron chi connectivity index (χ1n) is 8.75. The number of hydrogen-bond donors (Lipinski definition) is 2. The van der Waals surface area contributed by atoms with E-state index in [1.807, 2.05) is 36.4 Å². The first-order chi connectivity index (χ1) is 12.8. The van der Waals surface area contributed by atoms with Crippen molar-refractivity contribution in [2.75, 3.05) is 7.11 Å². The fourth-order valence-corrected chi connectivity index (χ4v) is 4.09. The average molecular weight is 391 g/mol. The molecule has 27 heavy (non-hydrogen) atoms. The molecule has 146 valence electrons. The Kier molecular flexibility index (Phi) is 7.38. The topological polar surface area (TPSA) is 84.5 Å². The molecule has 2 aromatic carbocycles. The second-order valence-corrected chi connectivity index (χ2v) is 8.37. The molecule has 0 heterocycles. The first kappa shape index (κ1) is 20.9. The molecule has 6 nitrogen and oxygen atoms in total. The molecule has 0 radical (unpaired) electrons. The van der Waals surface area contributed by atoms with Crippen molar-refractivity contribution in [2.45, 2.75) is 38.6 Å². The van der Waals surface area contributed by atoms with Crippen LogP contribution in [0.4, 0.5) is 0 Å². The summed E-state index contributed by atoms with van der Waals surface area (Å²) in [6.45, 7) is 3.95. The molecule has 0 bridgehead atoms. The molecule has 1 amide bonds. The van der Waals surface area contributed by atoms with E-state index in [1.54, 1.807) is 33.1 Å². The molecule has 2 rings (SSSR count). The number of ether oxygens (including phenoxy) is 1. The molecule has 2 N–H and O–H groups in total. The molecule has 0 aromatic heterocycles. The zero-order chi connectivity index (χ0) is 19.9. The van der Waals surface area contributed by atoms with Crippen molar-refractivity contribution in [3.05, 3.63) is 65.2 Å². The van der Waals surface area contributed by atoms with Crippen LogP contribution in [0.25, 0.3) is 0 Å². The highest BCUT2D eigenvalue weighted by molar-refractivity contribution is 7.88. The lowest BCUT2D eigenvalue weighted by atomic mass is 10.1. The summed E-state index contributed by atoms with van der Waals surface area (Å²) in [7, 11) is -1.77. The Hall–Kier alpha value is -2.38. The van der Waals surface area contributed by atoms with Gasteiger partial charge < -0.3 is 10.1 Å². The van der Waals surface area contributed by atoms with Crippen molar-refractivity contribution in [3.63, 3.8) is 0 Å². The molecule has 0 unspecified atom stereocenters. The molecule has 0 aliphatic carbocycles. The second-order valence-electron chi connectivity index (χ2n) is 6.61. The monoisotopic (exact) mass is 390 g/mol. The summed E-state index contributed by atoms with van der Waals surface area (Å²) in [6.07, 6.45) is 0.237. The Balaban J connectivity index is 1.88. The van der Waals surface area contributed by atoms with E-state index in [4.69, 9.17) is 4.74 Å². The number of benzene rings is 2. The molecule has 2 aromatic rings. The molecule has 0 saturated heterocycles. The molecular formula is C20H26N2O4S. The predicted octanol–water partition coefficient (Wildman–Crippen LogP) is 2.38. The lowest BCUT2D eigenvalue weighted by Crippen LogP contribution is -2.31. The summed E-state index contributed by atoms with van der Waals surface area (Å²) in [5.41, 5.74) is 2.43. The van der Waals surface area contributed by atoms with Crippen molar-refractivity contribution in [2.24, 2.45) is 0 Å². The van der Waals surface area contributed by atoms with E-state index < -0.39 is 10.0 Å². The standard InChI is InChI=1S/C20H26N2O4S/c1-15(2)22-27(24,25)14-17-10-8-16(9-11-17)13-21-20(23)12-18-6-4-5-7-19(18)26-3/h4-11,15,22H,12-14H2,1-3H3,(H,21,23). The van der Waals surface area contributed by atoms with Gasteiger partial charge >= 0.3 is 0 Å². The van der Waals surface area contributed by atoms with E-state index in [1.165, 1.54) is 0 Å². The van der Waals surface area contributed by atoms with Crippen molar-refractivity contribution in [1.82, 2.24) is 10.0 Å². The Morgan fingerprint density at radius 2 is 1.67 bits per heavy atom. The van der Waals surface area contributed by atoms with Gasteiger partial charge in [0.2, 0.25) is 15.9 Å². The maximum atomic E-state index is 12.2. The van der Waals surface area contributed by atoms with Crippen LogP contribution in [0.3, 0.4) is 0 Å². The van der Waals surface area contributed by atoms with Crippen molar-refractivity contribution in [3.8, 4) is 5.75 Å². The molecule has 0 spiro atoms. The van der Waals surface area contributed by atoms with Crippen LogP contribution in [0.1, 0.15) is 30.5 Å². The maximum Gasteiger partial charge on any atom is 0.224 e. The van der Waals surface area contributed by atoms with Crippen LogP contribution >= 0.6 is 0 Å². The highest BCUT2D eigenvalue weighted by Gasteiger charge is 2.13. The van der Waals surface area contributed by atoms with Crippen molar-refractivity contribution >= 4 is 15.9 Å². The van der Waals surface area contributed by atoms with Gasteiger partial charge in [-0.2, -0.15) is 0 Å². The molecule has 0 saturated carbocycles. The number of hydrogen-bond acceptors (Lipinski definition) is 4. The number of sulfonamides is 1. The minimum absolute atomic E-state index is 0.0639. The zero-order valence-corrected chi connectivity index (χ0v) is 16.7. The summed E-state index contributed by atoms with van der Waals surface area (Å²) in [5, 5.41) is 2.87. The Morgan fingerprint density at radius 1 is 1.04 bits per heavy atom. The van der Waals surface area contributed by atoms with Gasteiger partial charge in [0.25, 0.3) is 0 Å². The molecule has 0 atom stereocenters. The summed E-state index contributed by atoms with van der Waals surface area (Å²) in [4.78, 5) is 12.2. The molecule has 0 aliphatic rings. The normalized spacial score (nSPS) is 11.4. The van der Waals surface area contributed by atoms with Crippen LogP contribution < -0.4 is 14.8 Å². The fraction of sp³-hybridized carbons (Fsp3) is 0.350. The molecule has 0 fully saturated rings. The van der Waals surface area contributed by atoms with Gasteiger partial charge in [-0.1, -0.05) is 42.5 Å². The van der Waals surface area contributed by atoms with Gasteiger partial charge in [-0.25, -0.2) is 13.1 Å². The Labute approximate surface area is 161 Å². The number of methoxy groups -OCH3 is 1. The summed E-state index contributed by atoms with van der Waals surface area (Å²) in [5.74, 6) is 0.520. The van der Waals surface area contributed by atoms with Gasteiger partial charge in [0.15, 0.2) is 0 Å². The quantitative estimate of drug-likeness (QED) is 0.689. The highest BCUT2D eigenvalue weighted by atomic mass is 32.2. The van der Waals surface area contributed by atoms with Crippen molar-refractivity contribution in [1.29, 1.82) is 0 Å². The lowest BCUT2D eigenvalue weighted by Gasteiger charge is -2.11. The van der Waals surface area contributed by atoms with Crippen LogP contribution in [0.2, 0.25) is 0 Å². The van der Waals surface area contributed by atoms with Gasteiger partial charge in [0.1, 0.15) is 5.75 Å². The maximum absolute atomic E-state index is 12.2. The predicted molar refractivity (Wildman–Crippen MR) is 106 cm³/mol. The van der Waals surface area contributed by atoms with E-state index >= 15 is 0 Å². The lowest BCUT2D eigenvalue weighted by molar-refractivity contribution is -0.120. The Bertz CT molecular complexity index is 862. The van der Waals surface area contributed by atoms with Crippen LogP contribution in [-0.4, -0.2) is 27.5 Å². The van der Waals surface area contributed by atoms with Crippen molar-refractivity contribution < 1.29 is 17.9 Å². The van der Waals surface area contributed by atoms with Gasteiger partial charge in [0, 0.05) is 18.2 Å². The third-order valence-corrected chi connectivity index (χ3v) is 5.37. The molecular weight excluding hydrogens is 364 g/mol. The van der Waals surface area contributed by atoms with E-state index in [0.29, 0.717) is 17.9 Å². The van der Waals surface area contributed by atoms with E-state index in [-0.39, 0.29) is 24.1 Å². The Morgan fingerprint density at radius 3 is 2.30 bits per heavy atom. The number of nitrogens with one attached hydrogen (secondary N) is 2. The zero-order valence-electron chi connectivity index (χ0n) is 15.9. The van der Waals surface area contributed by atoms with Gasteiger partial charge in [-0.05, 0) is 31.0 Å². The largest absolute Gasteiger partial charge is 0.496 e. The number of rotatable bonds is 9. The first-order valence-corrected chi connectivity index (χ1v) is 10.4. The van der Waals surface area contributed by atoms with Gasteiger partial charge in [-0.15, -0.1) is 0 Å². The third-order valence-electron chi connectivity index (χ3n) is 3.83. The van der Waals surface area contributed by atoms with Crippen LogP contribution in [0.5, 0.6) is 5.75 Å². The van der Waals surface area contributed by atoms with E-state index in [9.17, 15) is 13.2 Å². The number of carbonyl (C=O) groups is 1. The highest BCUT2D eigenvalue weighted by Crippen LogP contribution is 2.17. The minimum Gasteiger partial charge on any atom is -0.496 e. The minimum atomic E-state index is -3.35. The second kappa shape index (κ2) is 9.53. The van der Waals surface area contributed by atoms with E-state index in [0.717, 1.165) is 11.1 Å². The van der Waals surface area contributed by atoms with Crippen LogP contribution in [0.15, 0.2) is 48.5 Å². The van der Waals surface area contributed by atoms with Crippen LogP contribution in [0, 0.1) is 0 Å². The summed E-state index contributed by atoms with van der Waals surface area (Å²) >= 11 is 0. The molecule has 7 heteroatoms. The average Bonchev–Trinajstić information content (AvgIpc) is 2.60. The molecule has 0 aliphatic heterocycles. The summed E-state index contributed by atoms with van der Waals surface area (Å²) < 4.78 is 31.7. The fourth-order valence-electron chi connectivity index (χ4n) is 2.66. The third kappa shape index (κ3) is 7.03.